The lowest BCUT2D eigenvalue weighted by Crippen LogP contribution is -2.42. The monoisotopic (exact) mass is 438 g/mol. The van der Waals surface area contributed by atoms with Crippen LogP contribution in [-0.4, -0.2) is 60.3 Å². The van der Waals surface area contributed by atoms with Gasteiger partial charge in [-0.25, -0.2) is 0 Å². The van der Waals surface area contributed by atoms with E-state index in [1.807, 2.05) is 0 Å². The fourth-order valence-electron chi connectivity index (χ4n) is 3.65. The van der Waals surface area contributed by atoms with Gasteiger partial charge in [0, 0.05) is 54.7 Å². The van der Waals surface area contributed by atoms with E-state index in [0.717, 1.165) is 36.8 Å². The highest BCUT2D eigenvalue weighted by atomic mass is 28.4. The van der Waals surface area contributed by atoms with E-state index in [1.165, 1.54) is 38.5 Å². The van der Waals surface area contributed by atoms with E-state index in [1.54, 1.807) is 42.7 Å². The third-order valence-corrected chi connectivity index (χ3v) is 11.7. The quantitative estimate of drug-likeness (QED) is 0.206. The van der Waals surface area contributed by atoms with E-state index in [9.17, 15) is 0 Å². The van der Waals surface area contributed by atoms with Gasteiger partial charge < -0.3 is 26.6 Å². The average Bonchev–Trinajstić information content (AvgIpc) is 2.75. The molecule has 0 heterocycles. The largest absolute Gasteiger partial charge is 0.500 e. The number of rotatable bonds is 19. The average molecular weight is 439 g/mol. The van der Waals surface area contributed by atoms with Gasteiger partial charge in [0.2, 0.25) is 0 Å². The maximum absolute atomic E-state index is 5.56. The molecule has 0 aliphatic carbocycles. The molecule has 0 amide bonds. The summed E-state index contributed by atoms with van der Waals surface area (Å²) < 4.78 is 33.3. The maximum Gasteiger partial charge on any atom is 0.500 e. The SMILES string of the molecule is CCC(C)CCC(CCCC[Si](OC)(OC)OC)CCC[Si](OC)(OC)OC. The molecule has 0 radical (unpaired) electrons. The number of unbranched alkanes of at least 4 members (excludes halogenated alkanes) is 1. The molecule has 0 aliphatic rings. The molecular formula is C20H46O6Si2. The minimum atomic E-state index is -2.46. The topological polar surface area (TPSA) is 55.4 Å². The standard InChI is InChI=1S/C20H46O6Si2/c1-9-19(2)15-16-20(14-12-18-28(24-6,25-7)26-8)13-10-11-17-27(21-3,22-4)23-5/h19-20H,9-18H2,1-8H3. The first-order valence-electron chi connectivity index (χ1n) is 10.7. The lowest BCUT2D eigenvalue weighted by atomic mass is 9.89. The highest BCUT2D eigenvalue weighted by Crippen LogP contribution is 2.28. The molecule has 0 aromatic rings. The minimum absolute atomic E-state index is 0.731. The molecule has 0 aromatic carbocycles. The molecule has 170 valence electrons. The van der Waals surface area contributed by atoms with E-state index in [0.29, 0.717) is 0 Å². The Labute approximate surface area is 176 Å². The lowest BCUT2D eigenvalue weighted by Gasteiger charge is -2.26. The molecule has 0 saturated carbocycles. The second-order valence-corrected chi connectivity index (χ2v) is 13.9. The summed E-state index contributed by atoms with van der Waals surface area (Å²) >= 11 is 0. The Morgan fingerprint density at radius 1 is 0.571 bits per heavy atom. The van der Waals surface area contributed by atoms with Crippen LogP contribution in [0.3, 0.4) is 0 Å². The first-order valence-corrected chi connectivity index (χ1v) is 14.6. The Hall–Kier alpha value is 0.194. The second-order valence-electron chi connectivity index (χ2n) is 7.69. The van der Waals surface area contributed by atoms with Crippen molar-refractivity contribution in [1.29, 1.82) is 0 Å². The summed E-state index contributed by atoms with van der Waals surface area (Å²) in [4.78, 5) is 0. The summed E-state index contributed by atoms with van der Waals surface area (Å²) in [5, 5.41) is 0. The van der Waals surface area contributed by atoms with Crippen molar-refractivity contribution in [2.24, 2.45) is 11.8 Å². The molecular weight excluding hydrogens is 392 g/mol. The molecule has 8 heteroatoms. The molecule has 2 atom stereocenters. The summed E-state index contributed by atoms with van der Waals surface area (Å²) in [6.45, 7) is 4.63. The predicted octanol–water partition coefficient (Wildman–Crippen LogP) is 5.14. The van der Waals surface area contributed by atoms with Crippen LogP contribution in [0.2, 0.25) is 12.1 Å². The molecule has 0 fully saturated rings. The highest BCUT2D eigenvalue weighted by molar-refractivity contribution is 6.60. The normalized spacial score (nSPS) is 15.0. The number of hydrogen-bond donors (Lipinski definition) is 0. The molecule has 0 rings (SSSR count). The summed E-state index contributed by atoms with van der Waals surface area (Å²) in [5.41, 5.74) is 0. The van der Waals surface area contributed by atoms with Crippen molar-refractivity contribution in [3.63, 3.8) is 0 Å². The smallest absolute Gasteiger partial charge is 0.377 e. The summed E-state index contributed by atoms with van der Waals surface area (Å²) in [6.07, 6.45) is 9.62. The van der Waals surface area contributed by atoms with Crippen LogP contribution in [0.5, 0.6) is 0 Å². The zero-order valence-corrected chi connectivity index (χ0v) is 21.7. The van der Waals surface area contributed by atoms with Crippen LogP contribution in [-0.2, 0) is 26.6 Å². The molecule has 0 saturated heterocycles. The minimum Gasteiger partial charge on any atom is -0.377 e. The van der Waals surface area contributed by atoms with Crippen LogP contribution in [0, 0.1) is 11.8 Å². The Bertz CT molecular complexity index is 348. The van der Waals surface area contributed by atoms with E-state index >= 15 is 0 Å². The van der Waals surface area contributed by atoms with Gasteiger partial charge in [-0.3, -0.25) is 0 Å². The molecule has 6 nitrogen and oxygen atoms in total. The van der Waals surface area contributed by atoms with Crippen LogP contribution >= 0.6 is 0 Å². The van der Waals surface area contributed by atoms with Crippen LogP contribution < -0.4 is 0 Å². The van der Waals surface area contributed by atoms with E-state index in [-0.39, 0.29) is 0 Å². The predicted molar refractivity (Wildman–Crippen MR) is 118 cm³/mol. The first-order chi connectivity index (χ1) is 13.4. The van der Waals surface area contributed by atoms with Gasteiger partial charge in [-0.1, -0.05) is 52.4 Å². The van der Waals surface area contributed by atoms with Gasteiger partial charge >= 0.3 is 17.6 Å². The Morgan fingerprint density at radius 2 is 1.00 bits per heavy atom. The van der Waals surface area contributed by atoms with Crippen molar-refractivity contribution in [2.75, 3.05) is 42.7 Å². The summed E-state index contributed by atoms with van der Waals surface area (Å²) in [6, 6.07) is 1.75. The molecule has 0 bridgehead atoms. The van der Waals surface area contributed by atoms with E-state index in [2.05, 4.69) is 13.8 Å². The fourth-order valence-corrected chi connectivity index (χ4v) is 7.20. The third kappa shape index (κ3) is 10.3. The van der Waals surface area contributed by atoms with Crippen molar-refractivity contribution in [2.45, 2.75) is 77.3 Å². The fraction of sp³-hybridized carbons (Fsp3) is 1.00. The van der Waals surface area contributed by atoms with Crippen molar-refractivity contribution < 1.29 is 26.6 Å². The molecule has 0 N–H and O–H groups in total. The molecule has 28 heavy (non-hydrogen) atoms. The van der Waals surface area contributed by atoms with Crippen LogP contribution in [0.1, 0.15) is 65.2 Å². The maximum atomic E-state index is 5.56. The summed E-state index contributed by atoms with van der Waals surface area (Å²) in [5.74, 6) is 1.53. The second kappa shape index (κ2) is 16.0. The lowest BCUT2D eigenvalue weighted by molar-refractivity contribution is 0.121. The third-order valence-electron chi connectivity index (χ3n) is 6.07. The first kappa shape index (κ1) is 28.2. The van der Waals surface area contributed by atoms with Gasteiger partial charge in [-0.2, -0.15) is 0 Å². The van der Waals surface area contributed by atoms with Gasteiger partial charge in [-0.05, 0) is 24.7 Å². The van der Waals surface area contributed by atoms with Gasteiger partial charge in [-0.15, -0.1) is 0 Å². The van der Waals surface area contributed by atoms with Gasteiger partial charge in [0.05, 0.1) is 0 Å². The van der Waals surface area contributed by atoms with Crippen molar-refractivity contribution >= 4 is 17.6 Å². The van der Waals surface area contributed by atoms with E-state index in [4.69, 9.17) is 26.6 Å². The van der Waals surface area contributed by atoms with Crippen LogP contribution in [0.25, 0.3) is 0 Å². The van der Waals surface area contributed by atoms with Crippen LogP contribution in [0.15, 0.2) is 0 Å². The highest BCUT2D eigenvalue weighted by Gasteiger charge is 2.38. The van der Waals surface area contributed by atoms with Crippen molar-refractivity contribution in [1.82, 2.24) is 0 Å². The zero-order chi connectivity index (χ0) is 21.5. The van der Waals surface area contributed by atoms with Crippen molar-refractivity contribution in [3.05, 3.63) is 0 Å². The summed E-state index contributed by atoms with van der Waals surface area (Å²) in [7, 11) is 5.24. The number of hydrogen-bond acceptors (Lipinski definition) is 6. The molecule has 0 aromatic heterocycles. The van der Waals surface area contributed by atoms with Gasteiger partial charge in [0.15, 0.2) is 0 Å². The van der Waals surface area contributed by atoms with Gasteiger partial charge in [0.1, 0.15) is 0 Å². The Morgan fingerprint density at radius 3 is 1.43 bits per heavy atom. The Balaban J connectivity index is 4.55. The van der Waals surface area contributed by atoms with Gasteiger partial charge in [0.25, 0.3) is 0 Å². The molecule has 0 spiro atoms. The Kier molecular flexibility index (Phi) is 16.1. The van der Waals surface area contributed by atoms with E-state index < -0.39 is 17.6 Å². The van der Waals surface area contributed by atoms with Crippen molar-refractivity contribution in [3.8, 4) is 0 Å². The molecule has 0 aliphatic heterocycles. The van der Waals surface area contributed by atoms with Crippen LogP contribution in [0.4, 0.5) is 0 Å². The zero-order valence-electron chi connectivity index (χ0n) is 19.7. The molecule has 2 unspecified atom stereocenters.